The minimum Gasteiger partial charge on any atom is -0.508 e. The number of unbranched alkanes of at least 4 members (excludes halogenated alkanes) is 1. The number of phenols is 1. The summed E-state index contributed by atoms with van der Waals surface area (Å²) in [6.07, 6.45) is 4.38. The quantitative estimate of drug-likeness (QED) is 0.0168. The van der Waals surface area contributed by atoms with Crippen molar-refractivity contribution in [2.75, 3.05) is 25.1 Å². The molecule has 0 aliphatic heterocycles. The maximum Gasteiger partial charge on any atom is 0.326 e. The number of aromatic hydroxyl groups is 1. The number of hydrogen-bond acceptors (Lipinski definition) is 13. The summed E-state index contributed by atoms with van der Waals surface area (Å²) in [5.74, 6) is -7.11. The lowest BCUT2D eigenvalue weighted by Gasteiger charge is -2.28. The summed E-state index contributed by atoms with van der Waals surface area (Å²) in [5.41, 5.74) is 19.2. The van der Waals surface area contributed by atoms with Crippen LogP contribution in [0.15, 0.2) is 90.1 Å². The zero-order valence-corrected chi connectivity index (χ0v) is 45.7. The smallest absolute Gasteiger partial charge is 0.326 e. The number of aliphatic imine (C=N–C) groups is 1. The van der Waals surface area contributed by atoms with Gasteiger partial charge in [0.15, 0.2) is 5.96 Å². The summed E-state index contributed by atoms with van der Waals surface area (Å²) < 4.78 is 0. The SMILES string of the molecule is CSCC[C@H](NC(=O)[C@H](Cc1ccccc1)NC(=O)[C@H](C)NC(C)=O)C(=O)N[C@@H](CCCN=C(N)N)C(=O)N[C@@H](Cc1c[nH]c2ccccc12)C(=O)N[C@@H](Cc1ccc(O)cc1)C(=O)N[C@@H](C)C(=O)N[C@@H](CCCCN)C(=O)O. The van der Waals surface area contributed by atoms with Crippen LogP contribution in [0.3, 0.4) is 0 Å². The third kappa shape index (κ3) is 21.6. The number of nitrogens with zero attached hydrogens (tertiary/aromatic N) is 1. The Kier molecular flexibility index (Phi) is 26.1. The molecule has 0 fully saturated rings. The number of amides is 8. The van der Waals surface area contributed by atoms with E-state index in [-0.39, 0.29) is 63.2 Å². The maximum atomic E-state index is 14.8. The summed E-state index contributed by atoms with van der Waals surface area (Å²) in [6, 6.07) is 11.6. The number of carbonyl (C=O) groups excluding carboxylic acids is 8. The van der Waals surface area contributed by atoms with Crippen LogP contribution in [-0.2, 0) is 62.4 Å². The van der Waals surface area contributed by atoms with Gasteiger partial charge in [0.1, 0.15) is 54.1 Å². The standard InChI is InChI=1S/C54H75N13O11S/c1-31(60-33(3)68)46(70)65-44(27-34-13-6-5-7-14-34)51(75)63-41(23-26-79-4)49(73)62-40(18-12-25-58-54(56)57)48(72)67-45(29-36-30-59-39-16-9-8-15-38(36)39)52(76)66-43(28-35-19-21-37(69)22-20-35)50(74)61-32(2)47(71)64-42(53(77)78)17-10-11-24-55/h5-9,13-16,19-22,30-32,40-45,59,69H,10-12,17-18,23-29,55H2,1-4H3,(H,60,68)(H,61,74)(H,62,73)(H,63,75)(H,64,71)(H,65,70)(H,66,76)(H,67,72)(H,77,78)(H4,56,57,58)/t31-,32-,40-,41-,42-,43-,44-,45-/m0/s1. The highest BCUT2D eigenvalue weighted by molar-refractivity contribution is 7.98. The fourth-order valence-corrected chi connectivity index (χ4v) is 8.80. The molecule has 0 aliphatic carbocycles. The highest BCUT2D eigenvalue weighted by atomic mass is 32.2. The van der Waals surface area contributed by atoms with Gasteiger partial charge in [-0.3, -0.25) is 43.3 Å². The number of aromatic nitrogens is 1. The summed E-state index contributed by atoms with van der Waals surface area (Å²) >= 11 is 1.39. The van der Waals surface area contributed by atoms with Crippen LogP contribution in [0, 0.1) is 0 Å². The van der Waals surface area contributed by atoms with E-state index >= 15 is 0 Å². The lowest BCUT2D eigenvalue weighted by molar-refractivity contribution is -0.142. The van der Waals surface area contributed by atoms with Crippen molar-refractivity contribution in [3.8, 4) is 5.75 Å². The first-order valence-electron chi connectivity index (χ1n) is 25.9. The second-order valence-corrected chi connectivity index (χ2v) is 20.0. The molecule has 24 nitrogen and oxygen atoms in total. The number of carboxylic acids is 1. The molecule has 428 valence electrons. The van der Waals surface area contributed by atoms with E-state index in [1.807, 2.05) is 18.2 Å². The van der Waals surface area contributed by atoms with Crippen LogP contribution >= 0.6 is 11.8 Å². The molecule has 1 aromatic heterocycles. The van der Waals surface area contributed by atoms with Crippen molar-refractivity contribution in [2.45, 2.75) is 127 Å². The number of nitrogens with one attached hydrogen (secondary N) is 9. The van der Waals surface area contributed by atoms with E-state index in [4.69, 9.17) is 17.2 Å². The van der Waals surface area contributed by atoms with Gasteiger partial charge in [0, 0.05) is 49.8 Å². The Morgan fingerprint density at radius 2 is 1.05 bits per heavy atom. The zero-order valence-electron chi connectivity index (χ0n) is 44.8. The topological polar surface area (TPSA) is 397 Å². The first-order chi connectivity index (χ1) is 37.7. The number of nitrogens with two attached hydrogens (primary N) is 3. The average Bonchev–Trinajstić information content (AvgIpc) is 3.83. The number of aromatic amines is 1. The molecule has 0 saturated heterocycles. The number of rotatable bonds is 33. The van der Waals surface area contributed by atoms with Crippen molar-refractivity contribution in [2.24, 2.45) is 22.2 Å². The number of carboxylic acid groups (broad SMARTS) is 1. The number of hydrogen-bond donors (Lipinski definition) is 14. The molecule has 0 unspecified atom stereocenters. The lowest BCUT2D eigenvalue weighted by Crippen LogP contribution is -2.60. The lowest BCUT2D eigenvalue weighted by atomic mass is 10.0. The van der Waals surface area contributed by atoms with Crippen molar-refractivity contribution in [3.05, 3.63) is 102 Å². The molecule has 4 aromatic rings. The second-order valence-electron chi connectivity index (χ2n) is 19.0. The van der Waals surface area contributed by atoms with Crippen LogP contribution in [0.25, 0.3) is 10.9 Å². The van der Waals surface area contributed by atoms with Crippen LogP contribution < -0.4 is 59.7 Å². The number of guanidine groups is 1. The first-order valence-corrected chi connectivity index (χ1v) is 27.3. The van der Waals surface area contributed by atoms with E-state index in [1.165, 1.54) is 56.8 Å². The van der Waals surface area contributed by atoms with E-state index in [9.17, 15) is 53.4 Å². The van der Waals surface area contributed by atoms with Gasteiger partial charge in [-0.15, -0.1) is 0 Å². The van der Waals surface area contributed by atoms with Crippen LogP contribution in [0.5, 0.6) is 5.75 Å². The van der Waals surface area contributed by atoms with E-state index < -0.39 is 102 Å². The van der Waals surface area contributed by atoms with Gasteiger partial charge in [0.2, 0.25) is 47.3 Å². The monoisotopic (exact) mass is 1110 g/mol. The number of H-pyrrole nitrogens is 1. The molecule has 8 atom stereocenters. The molecule has 1 heterocycles. The summed E-state index contributed by atoms with van der Waals surface area (Å²) in [4.78, 5) is 130. The van der Waals surface area contributed by atoms with Crippen molar-refractivity contribution < 1.29 is 53.4 Å². The normalized spacial score (nSPS) is 14.0. The molecule has 25 heteroatoms. The van der Waals surface area contributed by atoms with E-state index in [2.05, 4.69) is 52.5 Å². The predicted octanol–water partition coefficient (Wildman–Crippen LogP) is -0.140. The van der Waals surface area contributed by atoms with Crippen molar-refractivity contribution in [1.29, 1.82) is 0 Å². The molecule has 79 heavy (non-hydrogen) atoms. The molecule has 0 bridgehead atoms. The Morgan fingerprint density at radius 3 is 1.62 bits per heavy atom. The van der Waals surface area contributed by atoms with Crippen LogP contribution in [0.2, 0.25) is 0 Å². The van der Waals surface area contributed by atoms with E-state index in [0.717, 1.165) is 10.9 Å². The highest BCUT2D eigenvalue weighted by Crippen LogP contribution is 2.20. The Morgan fingerprint density at radius 1 is 0.570 bits per heavy atom. The number of thioether (sulfide) groups is 1. The average molecular weight is 1110 g/mol. The molecule has 0 aliphatic rings. The van der Waals surface area contributed by atoms with Crippen molar-refractivity contribution >= 4 is 81.9 Å². The van der Waals surface area contributed by atoms with Crippen LogP contribution in [0.4, 0.5) is 0 Å². The molecular weight excluding hydrogens is 1040 g/mol. The van der Waals surface area contributed by atoms with Crippen molar-refractivity contribution in [1.82, 2.24) is 47.5 Å². The number of carbonyl (C=O) groups is 9. The van der Waals surface area contributed by atoms with Gasteiger partial charge in [-0.2, -0.15) is 11.8 Å². The molecule has 0 radical (unpaired) electrons. The highest BCUT2D eigenvalue weighted by Gasteiger charge is 2.35. The van der Waals surface area contributed by atoms with Gasteiger partial charge in [0.05, 0.1) is 0 Å². The van der Waals surface area contributed by atoms with E-state index in [1.54, 1.807) is 48.9 Å². The van der Waals surface area contributed by atoms with E-state index in [0.29, 0.717) is 41.8 Å². The summed E-state index contributed by atoms with van der Waals surface area (Å²) in [5, 5.41) is 41.8. The van der Waals surface area contributed by atoms with Gasteiger partial charge in [-0.05, 0) is 106 Å². The molecular formula is C54H75N13O11S. The summed E-state index contributed by atoms with van der Waals surface area (Å²) in [7, 11) is 0. The molecule has 3 aromatic carbocycles. The minimum atomic E-state index is -1.45. The summed E-state index contributed by atoms with van der Waals surface area (Å²) in [6.45, 7) is 4.43. The van der Waals surface area contributed by atoms with Gasteiger partial charge in [-0.25, -0.2) is 4.79 Å². The van der Waals surface area contributed by atoms with Gasteiger partial charge in [0.25, 0.3) is 0 Å². The molecule has 17 N–H and O–H groups in total. The largest absolute Gasteiger partial charge is 0.508 e. The van der Waals surface area contributed by atoms with Crippen molar-refractivity contribution in [3.63, 3.8) is 0 Å². The van der Waals surface area contributed by atoms with Gasteiger partial charge < -0.3 is 74.9 Å². The number of para-hydroxylation sites is 1. The number of fused-ring (bicyclic) bond motifs is 1. The minimum absolute atomic E-state index is 0.0206. The zero-order chi connectivity index (χ0) is 58.0. The Hall–Kier alpha value is -8.19. The van der Waals surface area contributed by atoms with Gasteiger partial charge >= 0.3 is 5.97 Å². The fourth-order valence-electron chi connectivity index (χ4n) is 8.33. The third-order valence-electron chi connectivity index (χ3n) is 12.6. The Labute approximate surface area is 462 Å². The Bertz CT molecular complexity index is 2720. The van der Waals surface area contributed by atoms with Gasteiger partial charge in [-0.1, -0.05) is 60.7 Å². The second kappa shape index (κ2) is 32.5. The molecule has 0 saturated carbocycles. The molecule has 8 amide bonds. The number of benzene rings is 3. The Balaban J connectivity index is 1.68. The third-order valence-corrected chi connectivity index (χ3v) is 13.2. The first kappa shape index (κ1) is 63.3. The molecule has 0 spiro atoms. The predicted molar refractivity (Wildman–Crippen MR) is 300 cm³/mol. The maximum absolute atomic E-state index is 14.8. The number of phenolic OH excluding ortho intramolecular Hbond substituents is 1. The van der Waals surface area contributed by atoms with Crippen LogP contribution in [-0.4, -0.2) is 148 Å². The number of aliphatic carboxylic acids is 1. The molecule has 4 rings (SSSR count). The van der Waals surface area contributed by atoms with Crippen LogP contribution in [0.1, 0.15) is 76.0 Å². The fraction of sp³-hybridized carbons (Fsp3) is 0.444.